The van der Waals surface area contributed by atoms with Crippen LogP contribution in [0, 0.1) is 0 Å². The minimum absolute atomic E-state index is 0.0343. The van der Waals surface area contributed by atoms with E-state index < -0.39 is 0 Å². The number of hydrogen-bond donors (Lipinski definition) is 2. The van der Waals surface area contributed by atoms with Crippen molar-refractivity contribution in [1.29, 1.82) is 0 Å². The fourth-order valence-electron chi connectivity index (χ4n) is 2.66. The Bertz CT molecular complexity index is 549. The van der Waals surface area contributed by atoms with Crippen molar-refractivity contribution in [2.75, 3.05) is 0 Å². The number of rotatable bonds is 4. The number of para-hydroxylation sites is 2. The van der Waals surface area contributed by atoms with Crippen LogP contribution >= 0.6 is 0 Å². The summed E-state index contributed by atoms with van der Waals surface area (Å²) in [6.07, 6.45) is 1.60. The zero-order chi connectivity index (χ0) is 14.7. The fraction of sp³-hybridized carbons (Fsp3) is 0.333. The molecule has 0 saturated carbocycles. The lowest BCUT2D eigenvalue weighted by molar-refractivity contribution is 0.450. The molecule has 0 aliphatic carbocycles. The van der Waals surface area contributed by atoms with E-state index in [9.17, 15) is 10.2 Å². The van der Waals surface area contributed by atoms with Crippen LogP contribution in [0.15, 0.2) is 36.4 Å². The molecule has 0 unspecified atom stereocenters. The summed E-state index contributed by atoms with van der Waals surface area (Å²) in [6.45, 7) is 6.07. The Morgan fingerprint density at radius 3 is 1.55 bits per heavy atom. The summed E-state index contributed by atoms with van der Waals surface area (Å²) < 4.78 is 0. The van der Waals surface area contributed by atoms with E-state index in [1.807, 2.05) is 57.2 Å². The molecule has 20 heavy (non-hydrogen) atoms. The van der Waals surface area contributed by atoms with Gasteiger partial charge in [-0.15, -0.1) is 0 Å². The van der Waals surface area contributed by atoms with Crippen LogP contribution in [0.2, 0.25) is 0 Å². The molecule has 106 valence electrons. The SMILES string of the molecule is CCc1cccc(C(C)c2cccc(CC)c2O)c1O. The van der Waals surface area contributed by atoms with Gasteiger partial charge in [-0.3, -0.25) is 0 Å². The zero-order valence-electron chi connectivity index (χ0n) is 12.4. The van der Waals surface area contributed by atoms with Gasteiger partial charge in [-0.1, -0.05) is 57.2 Å². The molecule has 2 aromatic carbocycles. The minimum Gasteiger partial charge on any atom is -0.507 e. The van der Waals surface area contributed by atoms with E-state index in [-0.39, 0.29) is 5.92 Å². The molecule has 0 spiro atoms. The van der Waals surface area contributed by atoms with Crippen molar-refractivity contribution < 1.29 is 10.2 Å². The van der Waals surface area contributed by atoms with E-state index in [2.05, 4.69) is 0 Å². The molecule has 0 aromatic heterocycles. The lowest BCUT2D eigenvalue weighted by atomic mass is 9.88. The van der Waals surface area contributed by atoms with Crippen molar-refractivity contribution in [3.05, 3.63) is 58.7 Å². The molecule has 0 aliphatic heterocycles. The third kappa shape index (κ3) is 2.51. The summed E-state index contributed by atoms with van der Waals surface area (Å²) >= 11 is 0. The van der Waals surface area contributed by atoms with Crippen LogP contribution in [0.4, 0.5) is 0 Å². The lowest BCUT2D eigenvalue weighted by Crippen LogP contribution is -2.00. The Morgan fingerprint density at radius 1 is 0.800 bits per heavy atom. The quantitative estimate of drug-likeness (QED) is 0.865. The van der Waals surface area contributed by atoms with E-state index >= 15 is 0 Å². The standard InChI is InChI=1S/C18H22O2/c1-4-13-8-6-10-15(17(13)19)12(3)16-11-7-9-14(5-2)18(16)20/h6-12,19-20H,4-5H2,1-3H3. The molecule has 2 nitrogen and oxygen atoms in total. The van der Waals surface area contributed by atoms with E-state index in [0.29, 0.717) is 11.5 Å². The van der Waals surface area contributed by atoms with Gasteiger partial charge in [0.25, 0.3) is 0 Å². The molecule has 2 rings (SSSR count). The number of hydrogen-bond acceptors (Lipinski definition) is 2. The van der Waals surface area contributed by atoms with Crippen molar-refractivity contribution in [1.82, 2.24) is 0 Å². The third-order valence-electron chi connectivity index (χ3n) is 4.00. The monoisotopic (exact) mass is 270 g/mol. The molecule has 0 fully saturated rings. The summed E-state index contributed by atoms with van der Waals surface area (Å²) in [5.41, 5.74) is 3.63. The molecule has 2 N–H and O–H groups in total. The zero-order valence-corrected chi connectivity index (χ0v) is 12.4. The second-order valence-electron chi connectivity index (χ2n) is 5.14. The fourth-order valence-corrected chi connectivity index (χ4v) is 2.66. The summed E-state index contributed by atoms with van der Waals surface area (Å²) in [6, 6.07) is 11.7. The summed E-state index contributed by atoms with van der Waals surface area (Å²) in [5.74, 6) is 0.667. The van der Waals surface area contributed by atoms with Gasteiger partial charge in [0.05, 0.1) is 0 Å². The van der Waals surface area contributed by atoms with Gasteiger partial charge in [0.1, 0.15) is 11.5 Å². The maximum atomic E-state index is 10.4. The Labute approximate surface area is 120 Å². The maximum absolute atomic E-state index is 10.4. The predicted octanol–water partition coefficient (Wildman–Crippen LogP) is 4.37. The average Bonchev–Trinajstić information content (AvgIpc) is 2.47. The van der Waals surface area contributed by atoms with Gasteiger partial charge in [0, 0.05) is 17.0 Å². The van der Waals surface area contributed by atoms with Crippen LogP contribution in [-0.4, -0.2) is 10.2 Å². The predicted molar refractivity (Wildman–Crippen MR) is 82.5 cm³/mol. The third-order valence-corrected chi connectivity index (χ3v) is 4.00. The van der Waals surface area contributed by atoms with Crippen LogP contribution in [0.25, 0.3) is 0 Å². The van der Waals surface area contributed by atoms with E-state index in [1.54, 1.807) is 0 Å². The molecule has 0 bridgehead atoms. The number of phenolic OH excluding ortho intramolecular Hbond substituents is 2. The van der Waals surface area contributed by atoms with Gasteiger partial charge < -0.3 is 10.2 Å². The average molecular weight is 270 g/mol. The Morgan fingerprint density at radius 2 is 1.20 bits per heavy atom. The van der Waals surface area contributed by atoms with E-state index in [1.165, 1.54) is 0 Å². The molecule has 0 heterocycles. The largest absolute Gasteiger partial charge is 0.507 e. The normalized spacial score (nSPS) is 11.0. The smallest absolute Gasteiger partial charge is 0.122 e. The van der Waals surface area contributed by atoms with Crippen LogP contribution in [0.5, 0.6) is 11.5 Å². The van der Waals surface area contributed by atoms with Gasteiger partial charge in [-0.05, 0) is 24.0 Å². The second kappa shape index (κ2) is 6.00. The lowest BCUT2D eigenvalue weighted by Gasteiger charge is -2.18. The number of benzene rings is 2. The maximum Gasteiger partial charge on any atom is 0.122 e. The first-order valence-electron chi connectivity index (χ1n) is 7.21. The first kappa shape index (κ1) is 14.4. The second-order valence-corrected chi connectivity index (χ2v) is 5.14. The molecule has 0 radical (unpaired) electrons. The highest BCUT2D eigenvalue weighted by Crippen LogP contribution is 2.38. The summed E-state index contributed by atoms with van der Waals surface area (Å²) in [5, 5.41) is 20.7. The number of phenols is 2. The van der Waals surface area contributed by atoms with Gasteiger partial charge in [-0.25, -0.2) is 0 Å². The van der Waals surface area contributed by atoms with Gasteiger partial charge in [0.15, 0.2) is 0 Å². The minimum atomic E-state index is -0.0343. The topological polar surface area (TPSA) is 40.5 Å². The molecule has 0 saturated heterocycles. The molecule has 2 heteroatoms. The van der Waals surface area contributed by atoms with Crippen LogP contribution in [0.3, 0.4) is 0 Å². The molecule has 0 aliphatic rings. The molecular formula is C18H22O2. The first-order chi connectivity index (χ1) is 9.60. The van der Waals surface area contributed by atoms with Gasteiger partial charge >= 0.3 is 0 Å². The van der Waals surface area contributed by atoms with Crippen molar-refractivity contribution in [2.45, 2.75) is 39.5 Å². The highest BCUT2D eigenvalue weighted by atomic mass is 16.3. The van der Waals surface area contributed by atoms with Crippen molar-refractivity contribution in [3.63, 3.8) is 0 Å². The molecule has 2 aromatic rings. The number of aromatic hydroxyl groups is 2. The van der Waals surface area contributed by atoms with Crippen LogP contribution in [0.1, 0.15) is 48.9 Å². The first-order valence-corrected chi connectivity index (χ1v) is 7.21. The highest BCUT2D eigenvalue weighted by Gasteiger charge is 2.18. The molecular weight excluding hydrogens is 248 g/mol. The molecule has 0 atom stereocenters. The van der Waals surface area contributed by atoms with Crippen LogP contribution < -0.4 is 0 Å². The van der Waals surface area contributed by atoms with E-state index in [0.717, 1.165) is 35.1 Å². The molecule has 0 amide bonds. The Kier molecular flexibility index (Phi) is 4.33. The van der Waals surface area contributed by atoms with Crippen molar-refractivity contribution >= 4 is 0 Å². The summed E-state index contributed by atoms with van der Waals surface area (Å²) in [4.78, 5) is 0. The number of aryl methyl sites for hydroxylation is 2. The van der Waals surface area contributed by atoms with E-state index in [4.69, 9.17) is 0 Å². The van der Waals surface area contributed by atoms with Crippen molar-refractivity contribution in [2.24, 2.45) is 0 Å². The van der Waals surface area contributed by atoms with Gasteiger partial charge in [-0.2, -0.15) is 0 Å². The summed E-state index contributed by atoms with van der Waals surface area (Å²) in [7, 11) is 0. The Balaban J connectivity index is 2.49. The van der Waals surface area contributed by atoms with Crippen LogP contribution in [-0.2, 0) is 12.8 Å². The van der Waals surface area contributed by atoms with Crippen molar-refractivity contribution in [3.8, 4) is 11.5 Å². The highest BCUT2D eigenvalue weighted by molar-refractivity contribution is 5.50. The Hall–Kier alpha value is -1.96. The van der Waals surface area contributed by atoms with Gasteiger partial charge in [0.2, 0.25) is 0 Å².